The van der Waals surface area contributed by atoms with E-state index in [0.717, 1.165) is 29.0 Å². The number of aromatic nitrogens is 1. The van der Waals surface area contributed by atoms with Crippen LogP contribution in [-0.4, -0.2) is 17.5 Å². The highest BCUT2D eigenvalue weighted by atomic mass is 127. The lowest BCUT2D eigenvalue weighted by Crippen LogP contribution is -2.38. The molecule has 0 aliphatic carbocycles. The number of aliphatic imine (C=N–C) groups is 1. The summed E-state index contributed by atoms with van der Waals surface area (Å²) in [7, 11) is 0. The third-order valence-electron chi connectivity index (χ3n) is 3.39. The Labute approximate surface area is 170 Å². The Morgan fingerprint density at radius 2 is 2.00 bits per heavy atom. The van der Waals surface area contributed by atoms with E-state index < -0.39 is 0 Å². The van der Waals surface area contributed by atoms with Gasteiger partial charge >= 0.3 is 0 Å². The molecule has 1 atom stereocenters. The van der Waals surface area contributed by atoms with Crippen LogP contribution in [0, 0.1) is 0 Å². The van der Waals surface area contributed by atoms with Gasteiger partial charge in [0.15, 0.2) is 5.96 Å². The smallest absolute Gasteiger partial charge is 0.192 e. The number of nitrogens with zero attached hydrogens (tertiary/aromatic N) is 2. The molecular weight excluding hydrogens is 455 g/mol. The van der Waals surface area contributed by atoms with E-state index in [9.17, 15) is 0 Å². The molecule has 0 saturated carbocycles. The van der Waals surface area contributed by atoms with Crippen LogP contribution in [0.2, 0.25) is 5.02 Å². The Bertz CT molecular complexity index is 642. The fourth-order valence-electron chi connectivity index (χ4n) is 2.09. The maximum atomic E-state index is 5.94. The molecule has 1 heterocycles. The molecule has 0 spiro atoms. The number of hydrogen-bond acceptors (Lipinski definition) is 3. The number of hydrogen-bond donors (Lipinski definition) is 2. The number of guanidine groups is 1. The van der Waals surface area contributed by atoms with Crippen LogP contribution in [0.5, 0.6) is 0 Å². The first-order valence-electron chi connectivity index (χ1n) is 7.86. The fraction of sp³-hybridized carbons (Fsp3) is 0.412. The van der Waals surface area contributed by atoms with Gasteiger partial charge in [-0.05, 0) is 38.0 Å². The molecule has 0 aliphatic rings. The van der Waals surface area contributed by atoms with E-state index in [0.29, 0.717) is 6.54 Å². The molecular formula is C17H24ClIN4S. The normalized spacial score (nSPS) is 12.4. The predicted octanol–water partition coefficient (Wildman–Crippen LogP) is 4.79. The second kappa shape index (κ2) is 10.9. The maximum absolute atomic E-state index is 5.94. The molecule has 4 nitrogen and oxygen atoms in total. The zero-order valence-corrected chi connectivity index (χ0v) is 18.1. The molecule has 2 rings (SSSR count). The molecule has 0 radical (unpaired) electrons. The average molecular weight is 479 g/mol. The molecule has 1 unspecified atom stereocenters. The molecule has 2 N–H and O–H groups in total. The molecule has 1 aromatic carbocycles. The predicted molar refractivity (Wildman–Crippen MR) is 115 cm³/mol. The van der Waals surface area contributed by atoms with Crippen LogP contribution in [0.1, 0.15) is 42.3 Å². The van der Waals surface area contributed by atoms with Crippen molar-refractivity contribution in [2.75, 3.05) is 6.54 Å². The van der Waals surface area contributed by atoms with E-state index in [2.05, 4.69) is 41.4 Å². The van der Waals surface area contributed by atoms with Crippen LogP contribution in [0.3, 0.4) is 0 Å². The standard InChI is InChI=1S/C17H23ClN4S.HI/c1-4-15-10-20-16(23-15)11-21-17(19-5-2)22-12(3)13-6-8-14(18)9-7-13;/h6-10,12H,4-5,11H2,1-3H3,(H2,19,21,22);1H. The van der Waals surface area contributed by atoms with E-state index in [-0.39, 0.29) is 30.0 Å². The number of nitrogens with one attached hydrogen (secondary N) is 2. The van der Waals surface area contributed by atoms with Gasteiger partial charge in [0.25, 0.3) is 0 Å². The SMILES string of the molecule is CCNC(=NCc1ncc(CC)s1)NC(C)c1ccc(Cl)cc1.I. The van der Waals surface area contributed by atoms with Gasteiger partial charge in [-0.1, -0.05) is 30.7 Å². The molecule has 0 saturated heterocycles. The highest BCUT2D eigenvalue weighted by molar-refractivity contribution is 14.0. The number of aryl methyl sites for hydroxylation is 1. The molecule has 0 aliphatic heterocycles. The van der Waals surface area contributed by atoms with Gasteiger partial charge in [-0.3, -0.25) is 0 Å². The molecule has 0 amide bonds. The Balaban J connectivity index is 0.00000288. The van der Waals surface area contributed by atoms with Crippen molar-refractivity contribution in [1.29, 1.82) is 0 Å². The summed E-state index contributed by atoms with van der Waals surface area (Å²) in [6.45, 7) is 7.71. The molecule has 0 fully saturated rings. The van der Waals surface area contributed by atoms with Crippen LogP contribution in [-0.2, 0) is 13.0 Å². The number of halogens is 2. The summed E-state index contributed by atoms with van der Waals surface area (Å²) < 4.78 is 0. The summed E-state index contributed by atoms with van der Waals surface area (Å²) in [5.41, 5.74) is 1.17. The van der Waals surface area contributed by atoms with Gasteiger partial charge in [0.1, 0.15) is 5.01 Å². The van der Waals surface area contributed by atoms with E-state index in [1.54, 1.807) is 11.3 Å². The van der Waals surface area contributed by atoms with Crippen molar-refractivity contribution in [1.82, 2.24) is 15.6 Å². The quantitative estimate of drug-likeness (QED) is 0.356. The molecule has 7 heteroatoms. The van der Waals surface area contributed by atoms with Crippen molar-refractivity contribution in [3.05, 3.63) is 50.9 Å². The third kappa shape index (κ3) is 6.57. The topological polar surface area (TPSA) is 49.3 Å². The maximum Gasteiger partial charge on any atom is 0.192 e. The van der Waals surface area contributed by atoms with Crippen LogP contribution < -0.4 is 10.6 Å². The number of thiazole rings is 1. The summed E-state index contributed by atoms with van der Waals surface area (Å²) in [6.07, 6.45) is 2.96. The largest absolute Gasteiger partial charge is 0.357 e. The van der Waals surface area contributed by atoms with Gasteiger partial charge < -0.3 is 10.6 Å². The van der Waals surface area contributed by atoms with Gasteiger partial charge in [-0.25, -0.2) is 9.98 Å². The lowest BCUT2D eigenvalue weighted by Gasteiger charge is -2.18. The second-order valence-corrected chi connectivity index (χ2v) is 6.82. The van der Waals surface area contributed by atoms with Crippen molar-refractivity contribution >= 4 is 52.9 Å². The highest BCUT2D eigenvalue weighted by Crippen LogP contribution is 2.16. The zero-order chi connectivity index (χ0) is 16.7. The zero-order valence-electron chi connectivity index (χ0n) is 14.2. The minimum Gasteiger partial charge on any atom is -0.357 e. The van der Waals surface area contributed by atoms with Gasteiger partial charge in [-0.15, -0.1) is 35.3 Å². The van der Waals surface area contributed by atoms with Crippen molar-refractivity contribution in [3.63, 3.8) is 0 Å². The van der Waals surface area contributed by atoms with Crippen molar-refractivity contribution < 1.29 is 0 Å². The highest BCUT2D eigenvalue weighted by Gasteiger charge is 2.08. The Morgan fingerprint density at radius 3 is 2.58 bits per heavy atom. The van der Waals surface area contributed by atoms with E-state index in [1.807, 2.05) is 30.5 Å². The average Bonchev–Trinajstić information content (AvgIpc) is 3.01. The Morgan fingerprint density at radius 1 is 1.29 bits per heavy atom. The first kappa shape index (κ1) is 21.2. The van der Waals surface area contributed by atoms with E-state index >= 15 is 0 Å². The van der Waals surface area contributed by atoms with Crippen LogP contribution in [0.25, 0.3) is 0 Å². The third-order valence-corrected chi connectivity index (χ3v) is 4.77. The minimum atomic E-state index is 0. The summed E-state index contributed by atoms with van der Waals surface area (Å²) in [6, 6.07) is 8.00. The molecule has 1 aromatic heterocycles. The van der Waals surface area contributed by atoms with Gasteiger partial charge in [0.2, 0.25) is 0 Å². The summed E-state index contributed by atoms with van der Waals surface area (Å²) in [4.78, 5) is 10.3. The van der Waals surface area contributed by atoms with Crippen LogP contribution in [0.15, 0.2) is 35.5 Å². The number of rotatable bonds is 6. The first-order chi connectivity index (χ1) is 11.1. The van der Waals surface area contributed by atoms with E-state index in [1.165, 1.54) is 10.4 Å². The van der Waals surface area contributed by atoms with Crippen molar-refractivity contribution in [2.24, 2.45) is 4.99 Å². The van der Waals surface area contributed by atoms with Crippen molar-refractivity contribution in [3.8, 4) is 0 Å². The molecule has 0 bridgehead atoms. The minimum absolute atomic E-state index is 0. The summed E-state index contributed by atoms with van der Waals surface area (Å²) in [5.74, 6) is 0.795. The van der Waals surface area contributed by atoms with E-state index in [4.69, 9.17) is 11.6 Å². The van der Waals surface area contributed by atoms with Crippen LogP contribution in [0.4, 0.5) is 0 Å². The van der Waals surface area contributed by atoms with Gasteiger partial charge in [-0.2, -0.15) is 0 Å². The summed E-state index contributed by atoms with van der Waals surface area (Å²) in [5, 5.41) is 8.48. The lowest BCUT2D eigenvalue weighted by molar-refractivity contribution is 0.686. The monoisotopic (exact) mass is 478 g/mol. The fourth-order valence-corrected chi connectivity index (χ4v) is 3.00. The molecule has 2 aromatic rings. The summed E-state index contributed by atoms with van der Waals surface area (Å²) >= 11 is 7.66. The number of benzene rings is 1. The van der Waals surface area contributed by atoms with Crippen molar-refractivity contribution in [2.45, 2.75) is 39.8 Å². The molecule has 132 valence electrons. The Kier molecular flexibility index (Phi) is 9.61. The van der Waals surface area contributed by atoms with Crippen LogP contribution >= 0.6 is 46.9 Å². The first-order valence-corrected chi connectivity index (χ1v) is 9.05. The van der Waals surface area contributed by atoms with Gasteiger partial charge in [0.05, 0.1) is 12.6 Å². The Hall–Kier alpha value is -0.860. The second-order valence-electron chi connectivity index (χ2n) is 5.19. The molecule has 24 heavy (non-hydrogen) atoms. The van der Waals surface area contributed by atoms with Gasteiger partial charge in [0, 0.05) is 22.6 Å². The lowest BCUT2D eigenvalue weighted by atomic mass is 10.1.